The highest BCUT2D eigenvalue weighted by atomic mass is 35.5. The van der Waals surface area contributed by atoms with Crippen LogP contribution in [0.15, 0.2) is 27.7 Å². The maximum atomic E-state index is 12.5. The van der Waals surface area contributed by atoms with Gasteiger partial charge in [-0.25, -0.2) is 8.42 Å². The zero-order valence-electron chi connectivity index (χ0n) is 14.6. The van der Waals surface area contributed by atoms with Crippen molar-refractivity contribution in [3.8, 4) is 0 Å². The molecule has 0 spiro atoms. The lowest BCUT2D eigenvalue weighted by Gasteiger charge is -2.31. The Bertz CT molecular complexity index is 918. The number of rotatable bonds is 4. The molecule has 0 atom stereocenters. The summed E-state index contributed by atoms with van der Waals surface area (Å²) in [6.45, 7) is 2.94. The summed E-state index contributed by atoms with van der Waals surface area (Å²) < 4.78 is 29.2. The summed E-state index contributed by atoms with van der Waals surface area (Å²) in [6, 6.07) is 3.11. The number of likely N-dealkylation sites (tertiary alicyclic amines) is 1. The first kappa shape index (κ1) is 18.8. The molecular weight excluding hydrogens is 378 g/mol. The van der Waals surface area contributed by atoms with Gasteiger partial charge in [-0.3, -0.25) is 9.78 Å². The highest BCUT2D eigenvalue weighted by Crippen LogP contribution is 2.32. The number of piperidine rings is 1. The molecule has 0 saturated carbocycles. The van der Waals surface area contributed by atoms with Crippen molar-refractivity contribution >= 4 is 27.3 Å². The van der Waals surface area contributed by atoms with Gasteiger partial charge in [0.1, 0.15) is 0 Å². The Morgan fingerprint density at radius 1 is 1.35 bits per heavy atom. The van der Waals surface area contributed by atoms with Crippen molar-refractivity contribution in [2.45, 2.75) is 37.0 Å². The second-order valence-corrected chi connectivity index (χ2v) is 8.83. The Hall–Kier alpha value is -1.93. The minimum atomic E-state index is -3.43. The molecule has 3 heterocycles. The van der Waals surface area contributed by atoms with Crippen LogP contribution >= 0.6 is 11.6 Å². The van der Waals surface area contributed by atoms with E-state index in [4.69, 9.17) is 16.1 Å². The molecule has 7 nitrogen and oxygen atoms in total. The number of nitrogens with zero attached hydrogens (tertiary/aromatic N) is 3. The smallest absolute Gasteiger partial charge is 0.292 e. The predicted octanol–water partition coefficient (Wildman–Crippen LogP) is 2.71. The first-order valence-corrected chi connectivity index (χ1v) is 10.7. The molecule has 1 saturated heterocycles. The molecule has 140 valence electrons. The van der Waals surface area contributed by atoms with Gasteiger partial charge in [0, 0.05) is 37.5 Å². The highest BCUT2D eigenvalue weighted by molar-refractivity contribution is 7.90. The van der Waals surface area contributed by atoms with E-state index >= 15 is 0 Å². The number of amides is 1. The molecule has 1 fully saturated rings. The van der Waals surface area contributed by atoms with E-state index in [2.05, 4.69) is 10.1 Å². The van der Waals surface area contributed by atoms with Crippen molar-refractivity contribution in [1.29, 1.82) is 0 Å². The Kier molecular flexibility index (Phi) is 5.34. The van der Waals surface area contributed by atoms with Crippen LogP contribution in [0.4, 0.5) is 0 Å². The minimum Gasteiger partial charge on any atom is -0.351 e. The van der Waals surface area contributed by atoms with E-state index in [0.29, 0.717) is 43.1 Å². The maximum absolute atomic E-state index is 12.5. The summed E-state index contributed by atoms with van der Waals surface area (Å²) in [5.41, 5.74) is 1.27. The lowest BCUT2D eigenvalue weighted by Crippen LogP contribution is -2.38. The number of carbonyl (C=O) groups is 1. The molecule has 0 bridgehead atoms. The molecule has 26 heavy (non-hydrogen) atoms. The van der Waals surface area contributed by atoms with Crippen LogP contribution < -0.4 is 0 Å². The van der Waals surface area contributed by atoms with E-state index in [1.54, 1.807) is 11.0 Å². The van der Waals surface area contributed by atoms with Crippen molar-refractivity contribution in [2.24, 2.45) is 0 Å². The number of hydrogen-bond acceptors (Lipinski definition) is 6. The number of carbonyl (C=O) groups excluding carboxylic acids is 1. The second-order valence-electron chi connectivity index (χ2n) is 6.41. The van der Waals surface area contributed by atoms with Crippen molar-refractivity contribution in [3.05, 3.63) is 40.5 Å². The molecule has 2 aromatic rings. The number of sulfone groups is 1. The van der Waals surface area contributed by atoms with Gasteiger partial charge in [0.05, 0.1) is 21.3 Å². The average Bonchev–Trinajstić information content (AvgIpc) is 3.10. The molecule has 9 heteroatoms. The Morgan fingerprint density at radius 2 is 2.04 bits per heavy atom. The molecule has 1 aliphatic rings. The second kappa shape index (κ2) is 7.36. The molecule has 0 aromatic carbocycles. The Morgan fingerprint density at radius 3 is 2.62 bits per heavy atom. The van der Waals surface area contributed by atoms with Crippen LogP contribution in [0.3, 0.4) is 0 Å². The fourth-order valence-corrected chi connectivity index (χ4v) is 4.29. The maximum Gasteiger partial charge on any atom is 0.292 e. The lowest BCUT2D eigenvalue weighted by atomic mass is 9.93. The van der Waals surface area contributed by atoms with Gasteiger partial charge in [0.2, 0.25) is 5.76 Å². The molecular formula is C17H20ClN3O4S. The van der Waals surface area contributed by atoms with Gasteiger partial charge < -0.3 is 9.42 Å². The summed E-state index contributed by atoms with van der Waals surface area (Å²) in [4.78, 5) is 18.6. The van der Waals surface area contributed by atoms with Crippen LogP contribution in [0.2, 0.25) is 5.02 Å². The first-order valence-electron chi connectivity index (χ1n) is 8.40. The minimum absolute atomic E-state index is 0.0398. The molecule has 0 aliphatic carbocycles. The molecule has 0 unspecified atom stereocenters. The Balaban J connectivity index is 1.74. The van der Waals surface area contributed by atoms with Crippen LogP contribution in [0.25, 0.3) is 0 Å². The van der Waals surface area contributed by atoms with Gasteiger partial charge in [-0.1, -0.05) is 23.7 Å². The van der Waals surface area contributed by atoms with Crippen LogP contribution in [0, 0.1) is 0 Å². The number of halogens is 1. The monoisotopic (exact) mass is 397 g/mol. The standard InChI is InChI=1S/C17H20ClN3O4S/c1-3-13-9-14(25-20-13)17(22)21-6-4-11(5-7-21)16-15(26(2,23)24)8-12(18)10-19-16/h8-11H,3-7H2,1-2H3. The zero-order valence-corrected chi connectivity index (χ0v) is 16.2. The van der Waals surface area contributed by atoms with Crippen molar-refractivity contribution < 1.29 is 17.7 Å². The fourth-order valence-electron chi connectivity index (χ4n) is 3.13. The molecule has 0 radical (unpaired) electrons. The highest BCUT2D eigenvalue weighted by Gasteiger charge is 2.30. The third kappa shape index (κ3) is 3.91. The van der Waals surface area contributed by atoms with E-state index in [1.165, 1.54) is 12.3 Å². The van der Waals surface area contributed by atoms with Gasteiger partial charge in [-0.05, 0) is 25.3 Å². The lowest BCUT2D eigenvalue weighted by molar-refractivity contribution is 0.0669. The van der Waals surface area contributed by atoms with Crippen LogP contribution in [0.1, 0.15) is 47.6 Å². The number of hydrogen-bond donors (Lipinski definition) is 0. The molecule has 2 aromatic heterocycles. The summed E-state index contributed by atoms with van der Waals surface area (Å²) >= 11 is 5.91. The SMILES string of the molecule is CCc1cc(C(=O)N2CCC(c3ncc(Cl)cc3S(C)(=O)=O)CC2)on1. The van der Waals surface area contributed by atoms with Gasteiger partial charge in [-0.15, -0.1) is 0 Å². The number of aromatic nitrogens is 2. The molecule has 1 aliphatic heterocycles. The quantitative estimate of drug-likeness (QED) is 0.787. The predicted molar refractivity (Wildman–Crippen MR) is 96.1 cm³/mol. The summed E-state index contributed by atoms with van der Waals surface area (Å²) in [7, 11) is -3.43. The van der Waals surface area contributed by atoms with Crippen LogP contribution in [-0.4, -0.2) is 48.7 Å². The van der Waals surface area contributed by atoms with Crippen molar-refractivity contribution in [2.75, 3.05) is 19.3 Å². The third-order valence-electron chi connectivity index (χ3n) is 4.55. The zero-order chi connectivity index (χ0) is 18.9. The van der Waals surface area contributed by atoms with E-state index in [9.17, 15) is 13.2 Å². The van der Waals surface area contributed by atoms with Gasteiger partial charge in [-0.2, -0.15) is 0 Å². The van der Waals surface area contributed by atoms with Crippen LogP contribution in [-0.2, 0) is 16.3 Å². The average molecular weight is 398 g/mol. The van der Waals surface area contributed by atoms with Crippen LogP contribution in [0.5, 0.6) is 0 Å². The van der Waals surface area contributed by atoms with E-state index in [0.717, 1.165) is 11.9 Å². The largest absolute Gasteiger partial charge is 0.351 e. The summed E-state index contributed by atoms with van der Waals surface area (Å²) in [6.07, 6.45) is 4.56. The first-order chi connectivity index (χ1) is 12.3. The molecule has 0 N–H and O–H groups in total. The van der Waals surface area contributed by atoms with Gasteiger partial charge in [0.15, 0.2) is 9.84 Å². The topological polar surface area (TPSA) is 93.4 Å². The Labute approximate surface area is 157 Å². The number of aryl methyl sites for hydroxylation is 1. The van der Waals surface area contributed by atoms with Crippen molar-refractivity contribution in [1.82, 2.24) is 15.0 Å². The molecule has 3 rings (SSSR count). The third-order valence-corrected chi connectivity index (χ3v) is 5.88. The van der Waals surface area contributed by atoms with E-state index < -0.39 is 9.84 Å². The summed E-state index contributed by atoms with van der Waals surface area (Å²) in [5, 5.41) is 4.14. The number of pyridine rings is 1. The van der Waals surface area contributed by atoms with E-state index in [-0.39, 0.29) is 22.5 Å². The van der Waals surface area contributed by atoms with E-state index in [1.807, 2.05) is 6.92 Å². The van der Waals surface area contributed by atoms with Crippen molar-refractivity contribution in [3.63, 3.8) is 0 Å². The normalized spacial score (nSPS) is 16.0. The van der Waals surface area contributed by atoms with Gasteiger partial charge >= 0.3 is 0 Å². The van der Waals surface area contributed by atoms with Gasteiger partial charge in [0.25, 0.3) is 5.91 Å². The molecule has 1 amide bonds. The summed E-state index contributed by atoms with van der Waals surface area (Å²) in [5.74, 6) is 0.00626. The fraction of sp³-hybridized carbons (Fsp3) is 0.471.